The lowest BCUT2D eigenvalue weighted by Crippen LogP contribution is -2.16. The maximum absolute atomic E-state index is 6.37. The van der Waals surface area contributed by atoms with Crippen LogP contribution >= 0.6 is 11.6 Å². The Labute approximate surface area is 201 Å². The minimum absolute atomic E-state index is 0.349. The van der Waals surface area contributed by atoms with Crippen molar-refractivity contribution in [3.8, 4) is 23.0 Å². The van der Waals surface area contributed by atoms with Gasteiger partial charge in [0.25, 0.3) is 0 Å². The van der Waals surface area contributed by atoms with Crippen LogP contribution in [0.4, 0.5) is 11.4 Å². The van der Waals surface area contributed by atoms with Crippen molar-refractivity contribution in [1.29, 1.82) is 0 Å². The Morgan fingerprint density at radius 1 is 1.00 bits per heavy atom. The van der Waals surface area contributed by atoms with Crippen LogP contribution in [0, 0.1) is 0 Å². The number of para-hydroxylation sites is 2. The summed E-state index contributed by atoms with van der Waals surface area (Å²) in [5.41, 5.74) is 6.33. The number of rotatable bonds is 5. The second-order valence-corrected chi connectivity index (χ2v) is 8.76. The van der Waals surface area contributed by atoms with Crippen LogP contribution < -0.4 is 15.4 Å². The van der Waals surface area contributed by atoms with Gasteiger partial charge in [-0.15, -0.1) is 0 Å². The maximum atomic E-state index is 6.37. The Balaban J connectivity index is 1.64. The summed E-state index contributed by atoms with van der Waals surface area (Å²) in [7, 11) is 1.62. The van der Waals surface area contributed by atoms with Gasteiger partial charge >= 0.3 is 0 Å². The van der Waals surface area contributed by atoms with Crippen molar-refractivity contribution in [1.82, 2.24) is 14.5 Å². The number of ether oxygens (including phenoxy) is 1. The summed E-state index contributed by atoms with van der Waals surface area (Å²) in [6, 6.07) is 24.3. The Morgan fingerprint density at radius 2 is 1.88 bits per heavy atom. The normalized spacial score (nSPS) is 14.0. The van der Waals surface area contributed by atoms with E-state index in [1.807, 2.05) is 48.5 Å². The molecule has 0 spiro atoms. The van der Waals surface area contributed by atoms with E-state index in [9.17, 15) is 0 Å². The van der Waals surface area contributed by atoms with Gasteiger partial charge in [-0.05, 0) is 67.4 Å². The molecule has 2 aliphatic carbocycles. The summed E-state index contributed by atoms with van der Waals surface area (Å²) in [5.74, 6) is 0.528. The standard InChI is InChI=1S/C27H22ClN5O/c1-34-27-21(9-5-13-29-27)32-22-15-24-26(16-23(22)30-18-11-12-18)33(19-7-4-6-17(28)14-19)25-10-3-2-8-20(25)31-24/h2-10,13-16,18,32H,11-12H2,1H3/b30-23+. The van der Waals surface area contributed by atoms with Crippen molar-refractivity contribution in [2.75, 3.05) is 12.4 Å². The molecule has 0 atom stereocenters. The highest BCUT2D eigenvalue weighted by molar-refractivity contribution is 6.30. The van der Waals surface area contributed by atoms with Gasteiger partial charge in [0.1, 0.15) is 5.69 Å². The fourth-order valence-corrected chi connectivity index (χ4v) is 4.32. The molecule has 0 radical (unpaired) electrons. The molecular weight excluding hydrogens is 446 g/mol. The molecule has 0 saturated heterocycles. The van der Waals surface area contributed by atoms with Crippen LogP contribution in [-0.4, -0.2) is 27.7 Å². The molecule has 2 heterocycles. The van der Waals surface area contributed by atoms with E-state index in [1.54, 1.807) is 13.3 Å². The average molecular weight is 468 g/mol. The molecule has 7 heteroatoms. The predicted molar refractivity (Wildman–Crippen MR) is 135 cm³/mol. The smallest absolute Gasteiger partial charge is 0.237 e. The Bertz CT molecular complexity index is 1560. The molecule has 1 N–H and O–H groups in total. The molecular formula is C27H22ClN5O. The third-order valence-electron chi connectivity index (χ3n) is 5.87. The number of halogens is 1. The van der Waals surface area contributed by atoms with Crippen LogP contribution in [0.25, 0.3) is 28.1 Å². The molecule has 6 nitrogen and oxygen atoms in total. The monoisotopic (exact) mass is 467 g/mol. The molecule has 3 aliphatic rings. The number of hydrogen-bond donors (Lipinski definition) is 1. The van der Waals surface area contributed by atoms with E-state index in [2.05, 4.69) is 39.1 Å². The lowest BCUT2D eigenvalue weighted by Gasteiger charge is -2.20. The molecule has 6 rings (SSSR count). The first-order valence-corrected chi connectivity index (χ1v) is 11.6. The minimum atomic E-state index is 0.349. The Hall–Kier alpha value is -3.90. The van der Waals surface area contributed by atoms with Crippen molar-refractivity contribution in [2.24, 2.45) is 4.99 Å². The molecule has 2 aromatic carbocycles. The first-order chi connectivity index (χ1) is 16.7. The number of nitrogens with zero attached hydrogens (tertiary/aromatic N) is 4. The van der Waals surface area contributed by atoms with Gasteiger partial charge in [0.15, 0.2) is 0 Å². The summed E-state index contributed by atoms with van der Waals surface area (Å²) < 4.78 is 7.65. The van der Waals surface area contributed by atoms with Crippen LogP contribution in [0.2, 0.25) is 5.02 Å². The second-order valence-electron chi connectivity index (χ2n) is 8.32. The van der Waals surface area contributed by atoms with Crippen LogP contribution in [0.15, 0.2) is 84.0 Å². The van der Waals surface area contributed by atoms with Gasteiger partial charge in [-0.25, -0.2) is 9.97 Å². The third kappa shape index (κ3) is 3.86. The number of aromatic nitrogens is 3. The largest absolute Gasteiger partial charge is 0.480 e. The number of hydrogen-bond acceptors (Lipinski definition) is 5. The number of pyridine rings is 1. The molecule has 0 amide bonds. The summed E-state index contributed by atoms with van der Waals surface area (Å²) in [5, 5.41) is 5.05. The number of benzene rings is 3. The zero-order valence-corrected chi connectivity index (χ0v) is 19.3. The fourth-order valence-electron chi connectivity index (χ4n) is 4.14. The third-order valence-corrected chi connectivity index (χ3v) is 6.10. The first-order valence-electron chi connectivity index (χ1n) is 11.2. The van der Waals surface area contributed by atoms with E-state index >= 15 is 0 Å². The lowest BCUT2D eigenvalue weighted by atomic mass is 10.1. The summed E-state index contributed by atoms with van der Waals surface area (Å²) in [6.45, 7) is 0. The Morgan fingerprint density at radius 3 is 2.71 bits per heavy atom. The van der Waals surface area contributed by atoms with Gasteiger partial charge in [-0.2, -0.15) is 0 Å². The highest BCUT2D eigenvalue weighted by atomic mass is 35.5. The summed E-state index contributed by atoms with van der Waals surface area (Å²) in [4.78, 5) is 14.3. The summed E-state index contributed by atoms with van der Waals surface area (Å²) >= 11 is 6.37. The van der Waals surface area contributed by atoms with Crippen molar-refractivity contribution in [3.63, 3.8) is 0 Å². The van der Waals surface area contributed by atoms with Gasteiger partial charge in [-0.3, -0.25) is 4.99 Å². The molecule has 168 valence electrons. The van der Waals surface area contributed by atoms with E-state index in [0.717, 1.165) is 57.7 Å². The molecule has 3 aromatic rings. The molecule has 0 bridgehead atoms. The van der Waals surface area contributed by atoms with Crippen LogP contribution in [0.3, 0.4) is 0 Å². The van der Waals surface area contributed by atoms with Crippen molar-refractivity contribution in [2.45, 2.75) is 18.9 Å². The van der Waals surface area contributed by atoms with E-state index in [-0.39, 0.29) is 0 Å². The molecule has 1 fully saturated rings. The lowest BCUT2D eigenvalue weighted by molar-refractivity contribution is 0.400. The fraction of sp³-hybridized carbons (Fsp3) is 0.148. The molecule has 1 aliphatic heterocycles. The van der Waals surface area contributed by atoms with Crippen molar-refractivity contribution in [3.05, 3.63) is 89.4 Å². The second kappa shape index (κ2) is 8.47. The highest BCUT2D eigenvalue weighted by Crippen LogP contribution is 2.32. The average Bonchev–Trinajstić information content (AvgIpc) is 3.67. The van der Waals surface area contributed by atoms with Crippen molar-refractivity contribution >= 4 is 34.0 Å². The number of nitrogens with one attached hydrogen (secondary N) is 1. The van der Waals surface area contributed by atoms with E-state index in [1.165, 1.54) is 0 Å². The number of anilines is 2. The zero-order valence-electron chi connectivity index (χ0n) is 18.6. The molecule has 34 heavy (non-hydrogen) atoms. The van der Waals surface area contributed by atoms with Gasteiger partial charge in [-0.1, -0.05) is 29.8 Å². The van der Waals surface area contributed by atoms with Crippen LogP contribution in [0.5, 0.6) is 5.88 Å². The summed E-state index contributed by atoms with van der Waals surface area (Å²) in [6.07, 6.45) is 3.93. The Kier molecular flexibility index (Phi) is 5.15. The van der Waals surface area contributed by atoms with Crippen LogP contribution in [0.1, 0.15) is 12.8 Å². The van der Waals surface area contributed by atoms with Gasteiger partial charge in [0.05, 0.1) is 46.6 Å². The van der Waals surface area contributed by atoms with Crippen molar-refractivity contribution < 1.29 is 4.74 Å². The molecule has 0 unspecified atom stereocenters. The van der Waals surface area contributed by atoms with Crippen LogP contribution in [-0.2, 0) is 0 Å². The maximum Gasteiger partial charge on any atom is 0.237 e. The van der Waals surface area contributed by atoms with E-state index in [0.29, 0.717) is 16.9 Å². The highest BCUT2D eigenvalue weighted by Gasteiger charge is 2.22. The molecule has 1 aromatic heterocycles. The topological polar surface area (TPSA) is 64.3 Å². The van der Waals surface area contributed by atoms with Gasteiger partial charge in [0.2, 0.25) is 5.88 Å². The zero-order chi connectivity index (χ0) is 23.1. The molecule has 1 saturated carbocycles. The minimum Gasteiger partial charge on any atom is -0.480 e. The van der Waals surface area contributed by atoms with Gasteiger partial charge < -0.3 is 14.6 Å². The van der Waals surface area contributed by atoms with E-state index in [4.69, 9.17) is 26.3 Å². The number of methoxy groups -OCH3 is 1. The first kappa shape index (κ1) is 20.7. The van der Waals surface area contributed by atoms with Gasteiger partial charge in [0, 0.05) is 16.9 Å². The predicted octanol–water partition coefficient (Wildman–Crippen LogP) is 5.99. The quantitative estimate of drug-likeness (QED) is 0.322. The number of fused-ring (bicyclic) bond motifs is 2. The SMILES string of the molecule is COc1ncccc1Nc1cc2nc3ccccc3n(-c3cccc(Cl)c3)c-2c/c1=N\C1CC1. The van der Waals surface area contributed by atoms with E-state index < -0.39 is 0 Å².